The summed E-state index contributed by atoms with van der Waals surface area (Å²) in [6.07, 6.45) is 0.945. The first-order valence-electron chi connectivity index (χ1n) is 9.24. The fourth-order valence-corrected chi connectivity index (χ4v) is 3.70. The van der Waals surface area contributed by atoms with Crippen LogP contribution in [0.4, 0.5) is 0 Å². The Morgan fingerprint density at radius 2 is 2.04 bits per heavy atom. The largest absolute Gasteiger partial charge is 0.496 e. The van der Waals surface area contributed by atoms with Gasteiger partial charge in [-0.15, -0.1) is 0 Å². The number of nitrogens with one attached hydrogen (secondary N) is 2. The standard InChI is InChI=1S/C19H31N5O/c1-15-4-5-16(12-18(15)25-3)6-7-21-19(20-2)22-13-17-14-23-8-10-24(17)11-9-23/h4-5,12,17H,6-11,13-14H2,1-3H3,(H2,20,21,22). The summed E-state index contributed by atoms with van der Waals surface area (Å²) in [5.74, 6) is 1.84. The summed E-state index contributed by atoms with van der Waals surface area (Å²) in [5.41, 5.74) is 2.44. The van der Waals surface area contributed by atoms with Crippen LogP contribution in [0.5, 0.6) is 5.75 Å². The molecule has 1 aromatic rings. The van der Waals surface area contributed by atoms with Gasteiger partial charge in [-0.2, -0.15) is 0 Å². The minimum Gasteiger partial charge on any atom is -0.496 e. The number of piperazine rings is 3. The van der Waals surface area contributed by atoms with Crippen molar-refractivity contribution in [2.75, 3.05) is 60.0 Å². The van der Waals surface area contributed by atoms with Gasteiger partial charge in [0, 0.05) is 58.9 Å². The Hall–Kier alpha value is -1.79. The second-order valence-corrected chi connectivity index (χ2v) is 6.92. The quantitative estimate of drug-likeness (QED) is 0.588. The molecule has 2 bridgehead atoms. The molecule has 6 heteroatoms. The zero-order valence-corrected chi connectivity index (χ0v) is 15.7. The van der Waals surface area contributed by atoms with Crippen molar-refractivity contribution >= 4 is 5.96 Å². The van der Waals surface area contributed by atoms with Gasteiger partial charge in [-0.05, 0) is 30.5 Å². The average molecular weight is 345 g/mol. The Morgan fingerprint density at radius 1 is 1.24 bits per heavy atom. The first kappa shape index (κ1) is 18.0. The van der Waals surface area contributed by atoms with Crippen LogP contribution in [-0.2, 0) is 6.42 Å². The summed E-state index contributed by atoms with van der Waals surface area (Å²) in [6.45, 7) is 9.90. The van der Waals surface area contributed by atoms with Gasteiger partial charge in [0.05, 0.1) is 7.11 Å². The van der Waals surface area contributed by atoms with E-state index in [0.29, 0.717) is 6.04 Å². The number of benzene rings is 1. The van der Waals surface area contributed by atoms with Gasteiger partial charge in [0.2, 0.25) is 0 Å². The summed E-state index contributed by atoms with van der Waals surface area (Å²) >= 11 is 0. The predicted octanol–water partition coefficient (Wildman–Crippen LogP) is 0.711. The second-order valence-electron chi connectivity index (χ2n) is 6.92. The van der Waals surface area contributed by atoms with Crippen LogP contribution in [0.15, 0.2) is 23.2 Å². The van der Waals surface area contributed by atoms with E-state index in [0.717, 1.165) is 31.2 Å². The van der Waals surface area contributed by atoms with Crippen molar-refractivity contribution < 1.29 is 4.74 Å². The minimum absolute atomic E-state index is 0.599. The molecule has 3 fully saturated rings. The fourth-order valence-electron chi connectivity index (χ4n) is 3.70. The zero-order chi connectivity index (χ0) is 17.6. The molecule has 3 heterocycles. The molecular weight excluding hydrogens is 314 g/mol. The molecule has 3 aliphatic heterocycles. The fraction of sp³-hybridized carbons (Fsp3) is 0.632. The van der Waals surface area contributed by atoms with Crippen LogP contribution in [0.3, 0.4) is 0 Å². The maximum absolute atomic E-state index is 5.40. The SMILES string of the molecule is CN=C(NCCc1ccc(C)c(OC)c1)NCC1CN2CCN1CC2. The van der Waals surface area contributed by atoms with Crippen molar-refractivity contribution in [3.8, 4) is 5.75 Å². The van der Waals surface area contributed by atoms with Crippen molar-refractivity contribution in [3.63, 3.8) is 0 Å². The highest BCUT2D eigenvalue weighted by Crippen LogP contribution is 2.19. The van der Waals surface area contributed by atoms with E-state index in [1.54, 1.807) is 7.11 Å². The number of hydrogen-bond donors (Lipinski definition) is 2. The van der Waals surface area contributed by atoms with E-state index in [4.69, 9.17) is 4.74 Å². The van der Waals surface area contributed by atoms with Crippen molar-refractivity contribution in [3.05, 3.63) is 29.3 Å². The number of hydrogen-bond acceptors (Lipinski definition) is 4. The van der Waals surface area contributed by atoms with Gasteiger partial charge in [0.25, 0.3) is 0 Å². The molecule has 0 saturated carbocycles. The van der Waals surface area contributed by atoms with Crippen LogP contribution >= 0.6 is 0 Å². The van der Waals surface area contributed by atoms with Gasteiger partial charge in [-0.1, -0.05) is 12.1 Å². The number of ether oxygens (including phenoxy) is 1. The lowest BCUT2D eigenvalue weighted by molar-refractivity contribution is 0.0154. The molecule has 0 amide bonds. The lowest BCUT2D eigenvalue weighted by Gasteiger charge is -2.47. The first-order chi connectivity index (χ1) is 12.2. The van der Waals surface area contributed by atoms with E-state index < -0.39 is 0 Å². The third kappa shape index (κ3) is 4.64. The minimum atomic E-state index is 0.599. The predicted molar refractivity (Wildman–Crippen MR) is 103 cm³/mol. The molecule has 138 valence electrons. The maximum Gasteiger partial charge on any atom is 0.191 e. The first-order valence-corrected chi connectivity index (χ1v) is 9.24. The Bertz CT molecular complexity index is 595. The molecule has 25 heavy (non-hydrogen) atoms. The van der Waals surface area contributed by atoms with Crippen LogP contribution in [-0.4, -0.2) is 81.8 Å². The van der Waals surface area contributed by atoms with Gasteiger partial charge in [-0.25, -0.2) is 0 Å². The zero-order valence-electron chi connectivity index (χ0n) is 15.7. The van der Waals surface area contributed by atoms with Crippen LogP contribution in [0, 0.1) is 6.92 Å². The number of methoxy groups -OCH3 is 1. The Morgan fingerprint density at radius 3 is 2.68 bits per heavy atom. The molecule has 0 radical (unpaired) electrons. The van der Waals surface area contributed by atoms with E-state index in [9.17, 15) is 0 Å². The molecule has 4 rings (SSSR count). The van der Waals surface area contributed by atoms with Crippen LogP contribution in [0.2, 0.25) is 0 Å². The lowest BCUT2D eigenvalue weighted by Crippen LogP contribution is -2.63. The summed E-state index contributed by atoms with van der Waals surface area (Å²) in [6, 6.07) is 7.00. The van der Waals surface area contributed by atoms with Crippen molar-refractivity contribution in [1.29, 1.82) is 0 Å². The maximum atomic E-state index is 5.40. The van der Waals surface area contributed by atoms with Crippen LogP contribution in [0.25, 0.3) is 0 Å². The topological polar surface area (TPSA) is 52.1 Å². The van der Waals surface area contributed by atoms with E-state index in [1.165, 1.54) is 43.9 Å². The number of rotatable bonds is 6. The number of fused-ring (bicyclic) bond motifs is 3. The van der Waals surface area contributed by atoms with Crippen LogP contribution in [0.1, 0.15) is 11.1 Å². The highest BCUT2D eigenvalue weighted by atomic mass is 16.5. The van der Waals surface area contributed by atoms with E-state index in [1.807, 2.05) is 7.05 Å². The Kier molecular flexibility index (Phi) is 6.15. The molecule has 0 aromatic heterocycles. The second kappa shape index (κ2) is 8.54. The van der Waals surface area contributed by atoms with Gasteiger partial charge in [0.1, 0.15) is 5.75 Å². The third-order valence-corrected chi connectivity index (χ3v) is 5.30. The molecule has 0 aliphatic carbocycles. The summed E-state index contributed by atoms with van der Waals surface area (Å²) in [5, 5.41) is 6.91. The van der Waals surface area contributed by atoms with Crippen molar-refractivity contribution in [2.45, 2.75) is 19.4 Å². The number of aliphatic imine (C=N–C) groups is 1. The van der Waals surface area contributed by atoms with E-state index in [2.05, 4.69) is 50.5 Å². The Labute approximate surface area is 151 Å². The number of aryl methyl sites for hydroxylation is 1. The van der Waals surface area contributed by atoms with Crippen molar-refractivity contribution in [1.82, 2.24) is 20.4 Å². The van der Waals surface area contributed by atoms with Gasteiger partial charge in [0.15, 0.2) is 5.96 Å². The molecule has 3 aliphatic rings. The summed E-state index contributed by atoms with van der Waals surface area (Å²) in [4.78, 5) is 9.51. The lowest BCUT2D eigenvalue weighted by atomic mass is 10.1. The van der Waals surface area contributed by atoms with Gasteiger partial charge >= 0.3 is 0 Å². The number of nitrogens with zero attached hydrogens (tertiary/aromatic N) is 3. The highest BCUT2D eigenvalue weighted by Gasteiger charge is 2.31. The highest BCUT2D eigenvalue weighted by molar-refractivity contribution is 5.79. The smallest absolute Gasteiger partial charge is 0.191 e. The average Bonchev–Trinajstić information content (AvgIpc) is 2.66. The van der Waals surface area contributed by atoms with Crippen molar-refractivity contribution in [2.24, 2.45) is 4.99 Å². The molecular formula is C19H31N5O. The normalized spacial score (nSPS) is 25.7. The van der Waals surface area contributed by atoms with Crippen LogP contribution < -0.4 is 15.4 Å². The molecule has 3 saturated heterocycles. The molecule has 1 aromatic carbocycles. The van der Waals surface area contributed by atoms with Gasteiger partial charge in [-0.3, -0.25) is 14.8 Å². The Balaban J connectivity index is 1.42. The summed E-state index contributed by atoms with van der Waals surface area (Å²) in [7, 11) is 3.56. The molecule has 1 unspecified atom stereocenters. The van der Waals surface area contributed by atoms with E-state index in [-0.39, 0.29) is 0 Å². The summed E-state index contributed by atoms with van der Waals surface area (Å²) < 4.78 is 5.40. The third-order valence-electron chi connectivity index (χ3n) is 5.30. The monoisotopic (exact) mass is 345 g/mol. The van der Waals surface area contributed by atoms with Gasteiger partial charge < -0.3 is 15.4 Å². The molecule has 1 atom stereocenters. The molecule has 6 nitrogen and oxygen atoms in total. The van der Waals surface area contributed by atoms with E-state index >= 15 is 0 Å². The number of guanidine groups is 1. The molecule has 2 N–H and O–H groups in total. The molecule has 0 spiro atoms.